The number of nitrogens with zero attached hydrogens (tertiary/aromatic N) is 2. The van der Waals surface area contributed by atoms with Crippen molar-refractivity contribution in [2.24, 2.45) is 0 Å². The lowest BCUT2D eigenvalue weighted by Gasteiger charge is -1.91. The lowest BCUT2D eigenvalue weighted by molar-refractivity contribution is 0.317. The van der Waals surface area contributed by atoms with Gasteiger partial charge >= 0.3 is 6.01 Å². The standard InChI is InChI=1S/C6H7N2O/c1-4-3-5(2)8-6(9)7-4/h3H,1-2H3/i9-13. The summed E-state index contributed by atoms with van der Waals surface area (Å²) in [6, 6.07) is 1.37. The average molecular weight is 110 g/mol. The Hall–Kier alpha value is -1.12. The van der Waals surface area contributed by atoms with Crippen molar-refractivity contribution in [2.45, 2.75) is 13.8 Å². The molecular formula is C6H7N2O. The Labute approximate surface area is 53.4 Å². The van der Waals surface area contributed by atoms with Crippen molar-refractivity contribution in [2.75, 3.05) is 0 Å². The summed E-state index contributed by atoms with van der Waals surface area (Å²) in [6.45, 7) is 3.55. The lowest BCUT2D eigenvalue weighted by atomic mass is 2.89. The molecular weight excluding hydrogens is 103 g/mol. The molecule has 0 amide bonds. The van der Waals surface area contributed by atoms with E-state index in [-0.39, 0.29) is 0 Å². The van der Waals surface area contributed by atoms with Gasteiger partial charge in [0.2, 0.25) is 0 Å². The second kappa shape index (κ2) is 2.01. The van der Waals surface area contributed by atoms with E-state index in [1.54, 1.807) is 19.9 Å². The van der Waals surface area contributed by atoms with Gasteiger partial charge in [-0.1, -0.05) is 0 Å². The van der Waals surface area contributed by atoms with E-state index in [1.807, 2.05) is 0 Å². The van der Waals surface area contributed by atoms with Gasteiger partial charge in [-0.2, -0.15) is 9.97 Å². The van der Waals surface area contributed by atoms with Crippen LogP contribution in [0.5, 0.6) is 6.01 Å². The quantitative estimate of drug-likeness (QED) is 0.504. The van der Waals surface area contributed by atoms with E-state index >= 15 is 0 Å². The molecule has 0 aromatic carbocycles. The largest absolute Gasteiger partial charge is 0.367 e. The van der Waals surface area contributed by atoms with E-state index in [1.165, 1.54) is 0 Å². The first kappa shape index (κ1) is 6.01. The molecule has 1 rings (SSSR count). The van der Waals surface area contributed by atoms with E-state index in [0.29, 0.717) is 0 Å². The van der Waals surface area contributed by atoms with Crippen molar-refractivity contribution in [3.8, 4) is 6.01 Å². The third-order valence-electron chi connectivity index (χ3n) is 0.962. The minimum absolute atomic E-state index is 0.396. The molecule has 1 radical (unpaired) electrons. The Bertz CT molecular complexity index is 172. The van der Waals surface area contributed by atoms with Crippen LogP contribution in [0.3, 0.4) is 0 Å². The monoisotopic (exact) mass is 110 g/mol. The molecule has 1 heterocycles. The van der Waals surface area contributed by atoms with Crippen LogP contribution in [-0.4, -0.2) is 9.97 Å². The molecule has 0 aliphatic rings. The lowest BCUT2D eigenvalue weighted by Crippen LogP contribution is -1.86. The Morgan fingerprint density at radius 1 is 1.22 bits per heavy atom. The highest BCUT2D eigenvalue weighted by molar-refractivity contribution is 5.09. The van der Waals surface area contributed by atoms with Gasteiger partial charge in [0.1, 0.15) is 0 Å². The Morgan fingerprint density at radius 3 is 2.00 bits per heavy atom. The molecule has 9 heavy (non-hydrogen) atoms. The Kier molecular flexibility index (Phi) is 1.34. The summed E-state index contributed by atoms with van der Waals surface area (Å²) < 4.78 is 0. The number of hydrogen-bond donors (Lipinski definition) is 0. The summed E-state index contributed by atoms with van der Waals surface area (Å²) in [5.74, 6) is 0. The van der Waals surface area contributed by atoms with Crippen molar-refractivity contribution < 1.29 is 5.11 Å². The second-order valence-corrected chi connectivity index (χ2v) is 1.93. The molecule has 1 aromatic heterocycles. The topological polar surface area (TPSA) is 45.7 Å². The molecule has 0 saturated heterocycles. The number of aryl methyl sites for hydroxylation is 2. The molecule has 0 saturated carbocycles. The SMILES string of the molecule is Cc1cc(C)nc([3O])n1. The van der Waals surface area contributed by atoms with Crippen molar-refractivity contribution >= 4 is 0 Å². The maximum atomic E-state index is 10.5. The first-order valence-corrected chi connectivity index (χ1v) is 2.68. The summed E-state index contributed by atoms with van der Waals surface area (Å²) >= 11 is 0. The van der Waals surface area contributed by atoms with Crippen LogP contribution >= 0.6 is 0 Å². The molecule has 0 aliphatic heterocycles. The van der Waals surface area contributed by atoms with Gasteiger partial charge in [0.25, 0.3) is 0 Å². The van der Waals surface area contributed by atoms with Crippen LogP contribution in [0, 0.1) is 13.8 Å². The summed E-state index contributed by atoms with van der Waals surface area (Å²) in [5, 5.41) is 10.5. The highest BCUT2D eigenvalue weighted by Crippen LogP contribution is 2.03. The molecule has 0 bridgehead atoms. The highest BCUT2D eigenvalue weighted by atomic mass is 14.8. The molecule has 47 valence electrons. The predicted octanol–water partition coefficient (Wildman–Crippen LogP) is 1.24. The molecule has 0 N–H and O–H groups in total. The predicted molar refractivity (Wildman–Crippen MR) is 31.6 cm³/mol. The van der Waals surface area contributed by atoms with E-state index in [9.17, 15) is 5.11 Å². The van der Waals surface area contributed by atoms with Crippen LogP contribution in [0.1, 0.15) is 11.4 Å². The molecule has 3 nitrogen and oxygen atoms in total. The van der Waals surface area contributed by atoms with Crippen LogP contribution < -0.4 is 0 Å². The van der Waals surface area contributed by atoms with E-state index < -0.39 is 6.01 Å². The third-order valence-corrected chi connectivity index (χ3v) is 0.962. The first-order valence-electron chi connectivity index (χ1n) is 2.68. The minimum Gasteiger partial charge on any atom is -0.244 e. The van der Waals surface area contributed by atoms with Crippen molar-refractivity contribution in [3.63, 3.8) is 0 Å². The number of hydrogen-bond acceptors (Lipinski definition) is 2. The zero-order chi connectivity index (χ0) is 6.85. The smallest absolute Gasteiger partial charge is 0.244 e. The van der Waals surface area contributed by atoms with Gasteiger partial charge in [0.05, 0.1) is 0 Å². The summed E-state index contributed by atoms with van der Waals surface area (Å²) in [6.07, 6.45) is 0. The van der Waals surface area contributed by atoms with Gasteiger partial charge in [-0.25, -0.2) is 5.11 Å². The zero-order valence-corrected chi connectivity index (χ0v) is 5.38. The first-order chi connectivity index (χ1) is 4.18. The van der Waals surface area contributed by atoms with Crippen molar-refractivity contribution in [3.05, 3.63) is 17.5 Å². The van der Waals surface area contributed by atoms with Gasteiger partial charge in [-0.3, -0.25) is 0 Å². The van der Waals surface area contributed by atoms with Gasteiger partial charge in [-0.15, -0.1) is 0 Å². The fourth-order valence-electron chi connectivity index (χ4n) is 0.694. The number of rotatable bonds is 0. The Morgan fingerprint density at radius 2 is 1.67 bits per heavy atom. The molecule has 0 unspecified atom stereocenters. The van der Waals surface area contributed by atoms with Crippen LogP contribution in [0.4, 0.5) is 0 Å². The molecule has 3 heteroatoms. The van der Waals surface area contributed by atoms with Crippen LogP contribution in [0.2, 0.25) is 0 Å². The van der Waals surface area contributed by atoms with Gasteiger partial charge in [-0.05, 0) is 19.9 Å². The number of aromatic nitrogens is 2. The van der Waals surface area contributed by atoms with Crippen LogP contribution in [0.25, 0.3) is 0 Å². The van der Waals surface area contributed by atoms with E-state index in [4.69, 9.17) is 0 Å². The summed E-state index contributed by atoms with van der Waals surface area (Å²) in [5.41, 5.74) is 1.46. The third kappa shape index (κ3) is 1.38. The van der Waals surface area contributed by atoms with Crippen LogP contribution in [0.15, 0.2) is 6.07 Å². The van der Waals surface area contributed by atoms with Crippen LogP contribution in [-0.2, 0) is 5.11 Å². The molecule has 1 aromatic rings. The molecule has 0 atom stereocenters. The van der Waals surface area contributed by atoms with Gasteiger partial charge in [0.15, 0.2) is 0 Å². The van der Waals surface area contributed by atoms with Crippen molar-refractivity contribution in [1.82, 2.24) is 9.97 Å². The minimum atomic E-state index is -0.396. The second-order valence-electron chi connectivity index (χ2n) is 1.93. The van der Waals surface area contributed by atoms with E-state index in [2.05, 4.69) is 9.97 Å². The zero-order valence-electron chi connectivity index (χ0n) is 5.38. The fraction of sp³-hybridized carbons (Fsp3) is 0.333. The normalized spacial score (nSPS) is 9.56. The van der Waals surface area contributed by atoms with Gasteiger partial charge < -0.3 is 0 Å². The molecule has 0 spiro atoms. The molecule has 0 aliphatic carbocycles. The summed E-state index contributed by atoms with van der Waals surface area (Å²) in [7, 11) is 0. The molecule has 0 fully saturated rings. The average Bonchev–Trinajstić information content (AvgIpc) is 1.59. The maximum absolute atomic E-state index is 10.5. The highest BCUT2D eigenvalue weighted by Gasteiger charge is 1.95. The van der Waals surface area contributed by atoms with Crippen molar-refractivity contribution in [1.29, 1.82) is 0 Å². The fourth-order valence-corrected chi connectivity index (χ4v) is 0.694. The summed E-state index contributed by atoms with van der Waals surface area (Å²) in [4.78, 5) is 7.14. The maximum Gasteiger partial charge on any atom is 0.367 e. The Balaban J connectivity index is 3.17. The van der Waals surface area contributed by atoms with Gasteiger partial charge in [0, 0.05) is 11.4 Å². The van der Waals surface area contributed by atoms with E-state index in [0.717, 1.165) is 11.4 Å².